The standard InChI is InChI=1S/C22H33N5S.HI/c1-16-9-7-8-12-27(16)15-20-11-6-5-10-19(20)13-24-22(23-4)25-14-21-17(2)26-18(3)28-21;/h5-6,10-11,16H,7-9,12-15H2,1-4H3,(H2,23,24,25);1H. The normalized spacial score (nSPS) is 17.7. The van der Waals surface area contributed by atoms with Crippen LogP contribution in [0.1, 0.15) is 52.9 Å². The largest absolute Gasteiger partial charge is 0.352 e. The van der Waals surface area contributed by atoms with Gasteiger partial charge in [-0.05, 0) is 51.3 Å². The van der Waals surface area contributed by atoms with Gasteiger partial charge >= 0.3 is 0 Å². The third-order valence-corrected chi connectivity index (χ3v) is 6.59. The van der Waals surface area contributed by atoms with Gasteiger partial charge < -0.3 is 10.6 Å². The highest BCUT2D eigenvalue weighted by atomic mass is 127. The first-order valence-electron chi connectivity index (χ1n) is 10.2. The molecule has 2 N–H and O–H groups in total. The molecule has 3 rings (SSSR count). The van der Waals surface area contributed by atoms with E-state index in [0.29, 0.717) is 6.04 Å². The highest BCUT2D eigenvalue weighted by Gasteiger charge is 2.19. The molecular weight excluding hydrogens is 493 g/mol. The summed E-state index contributed by atoms with van der Waals surface area (Å²) >= 11 is 1.74. The number of rotatable bonds is 6. The molecule has 1 aromatic heterocycles. The Labute approximate surface area is 196 Å². The van der Waals surface area contributed by atoms with Gasteiger partial charge in [-0.25, -0.2) is 4.98 Å². The first-order chi connectivity index (χ1) is 13.6. The van der Waals surface area contributed by atoms with Crippen LogP contribution in [0.2, 0.25) is 0 Å². The zero-order chi connectivity index (χ0) is 19.9. The number of halogens is 1. The Morgan fingerprint density at radius 2 is 1.90 bits per heavy atom. The van der Waals surface area contributed by atoms with Gasteiger partial charge in [0.1, 0.15) is 0 Å². The number of piperidine rings is 1. The number of benzene rings is 1. The monoisotopic (exact) mass is 527 g/mol. The molecule has 1 fully saturated rings. The van der Waals surface area contributed by atoms with Crippen molar-refractivity contribution >= 4 is 41.3 Å². The topological polar surface area (TPSA) is 52.6 Å². The number of guanidine groups is 1. The predicted octanol–water partition coefficient (Wildman–Crippen LogP) is 4.62. The summed E-state index contributed by atoms with van der Waals surface area (Å²) in [6.45, 7) is 10.2. The number of aliphatic imine (C=N–C) groups is 1. The SMILES string of the molecule is CN=C(NCc1ccccc1CN1CCCCC1C)NCc1sc(C)nc1C.I. The molecule has 0 spiro atoms. The van der Waals surface area contributed by atoms with Gasteiger partial charge in [-0.3, -0.25) is 9.89 Å². The van der Waals surface area contributed by atoms with E-state index in [1.54, 1.807) is 11.3 Å². The molecule has 0 aliphatic carbocycles. The van der Waals surface area contributed by atoms with Crippen LogP contribution in [0.3, 0.4) is 0 Å². The molecule has 29 heavy (non-hydrogen) atoms. The second-order valence-corrected chi connectivity index (χ2v) is 8.89. The van der Waals surface area contributed by atoms with Gasteiger partial charge in [-0.2, -0.15) is 0 Å². The van der Waals surface area contributed by atoms with Gasteiger partial charge in [0.25, 0.3) is 0 Å². The molecule has 0 saturated carbocycles. The van der Waals surface area contributed by atoms with E-state index >= 15 is 0 Å². The molecule has 1 saturated heterocycles. The van der Waals surface area contributed by atoms with Crippen molar-refractivity contribution in [1.29, 1.82) is 0 Å². The lowest BCUT2D eigenvalue weighted by Gasteiger charge is -2.33. The summed E-state index contributed by atoms with van der Waals surface area (Å²) in [5, 5.41) is 8.00. The molecule has 0 radical (unpaired) electrons. The van der Waals surface area contributed by atoms with Crippen molar-refractivity contribution in [3.8, 4) is 0 Å². The van der Waals surface area contributed by atoms with Gasteiger partial charge in [0, 0.05) is 31.1 Å². The van der Waals surface area contributed by atoms with E-state index in [1.165, 1.54) is 41.8 Å². The number of likely N-dealkylation sites (tertiary alicyclic amines) is 1. The fraction of sp³-hybridized carbons (Fsp3) is 0.545. The fourth-order valence-electron chi connectivity index (χ4n) is 3.80. The lowest BCUT2D eigenvalue weighted by molar-refractivity contribution is 0.152. The minimum Gasteiger partial charge on any atom is -0.352 e. The van der Waals surface area contributed by atoms with E-state index in [1.807, 2.05) is 14.0 Å². The first-order valence-corrected chi connectivity index (χ1v) is 11.1. The summed E-state index contributed by atoms with van der Waals surface area (Å²) in [7, 11) is 1.82. The number of thiazole rings is 1. The molecule has 7 heteroatoms. The summed E-state index contributed by atoms with van der Waals surface area (Å²) in [5.41, 5.74) is 3.85. The lowest BCUT2D eigenvalue weighted by Crippen LogP contribution is -2.38. The summed E-state index contributed by atoms with van der Waals surface area (Å²) in [6.07, 6.45) is 3.99. The number of aryl methyl sites for hydroxylation is 2. The third-order valence-electron chi connectivity index (χ3n) is 5.52. The van der Waals surface area contributed by atoms with Crippen LogP contribution in [0.25, 0.3) is 0 Å². The van der Waals surface area contributed by atoms with Crippen LogP contribution in [0, 0.1) is 13.8 Å². The molecule has 5 nitrogen and oxygen atoms in total. The van der Waals surface area contributed by atoms with Gasteiger partial charge in [0.15, 0.2) is 5.96 Å². The van der Waals surface area contributed by atoms with Gasteiger partial charge in [-0.15, -0.1) is 35.3 Å². The zero-order valence-electron chi connectivity index (χ0n) is 18.0. The molecule has 2 heterocycles. The summed E-state index contributed by atoms with van der Waals surface area (Å²) < 4.78 is 0. The van der Waals surface area contributed by atoms with Crippen LogP contribution >= 0.6 is 35.3 Å². The number of nitrogens with one attached hydrogen (secondary N) is 2. The van der Waals surface area contributed by atoms with Crippen molar-refractivity contribution in [2.24, 2.45) is 4.99 Å². The third kappa shape index (κ3) is 6.93. The number of nitrogens with zero attached hydrogens (tertiary/aromatic N) is 3. The lowest BCUT2D eigenvalue weighted by atomic mass is 10.0. The number of hydrogen-bond acceptors (Lipinski definition) is 4. The summed E-state index contributed by atoms with van der Waals surface area (Å²) in [6, 6.07) is 9.43. The quantitative estimate of drug-likeness (QED) is 0.327. The van der Waals surface area contributed by atoms with Gasteiger partial charge in [0.2, 0.25) is 0 Å². The van der Waals surface area contributed by atoms with Gasteiger partial charge in [0.05, 0.1) is 17.2 Å². The molecule has 0 bridgehead atoms. The molecule has 1 unspecified atom stereocenters. The van der Waals surface area contributed by atoms with E-state index < -0.39 is 0 Å². The van der Waals surface area contributed by atoms with Crippen molar-refractivity contribution < 1.29 is 0 Å². The molecular formula is C22H34IN5S. The van der Waals surface area contributed by atoms with Crippen molar-refractivity contribution in [3.05, 3.63) is 51.0 Å². The maximum atomic E-state index is 4.50. The van der Waals surface area contributed by atoms with Crippen molar-refractivity contribution in [3.63, 3.8) is 0 Å². The maximum Gasteiger partial charge on any atom is 0.191 e. The highest BCUT2D eigenvalue weighted by Crippen LogP contribution is 2.21. The Bertz CT molecular complexity index is 804. The van der Waals surface area contributed by atoms with E-state index in [4.69, 9.17) is 0 Å². The van der Waals surface area contributed by atoms with Gasteiger partial charge in [-0.1, -0.05) is 30.7 Å². The van der Waals surface area contributed by atoms with E-state index in [0.717, 1.165) is 36.3 Å². The Kier molecular flexibility index (Phi) is 9.85. The van der Waals surface area contributed by atoms with Crippen LogP contribution in [-0.2, 0) is 19.6 Å². The highest BCUT2D eigenvalue weighted by molar-refractivity contribution is 14.0. The van der Waals surface area contributed by atoms with Crippen LogP contribution in [0.4, 0.5) is 0 Å². The smallest absolute Gasteiger partial charge is 0.191 e. The van der Waals surface area contributed by atoms with Crippen molar-refractivity contribution in [2.45, 2.75) is 65.7 Å². The molecule has 1 atom stereocenters. The first kappa shape index (κ1) is 24.1. The van der Waals surface area contributed by atoms with E-state index in [2.05, 4.69) is 63.6 Å². The van der Waals surface area contributed by atoms with Crippen molar-refractivity contribution in [1.82, 2.24) is 20.5 Å². The maximum absolute atomic E-state index is 4.50. The zero-order valence-corrected chi connectivity index (χ0v) is 21.1. The second kappa shape index (κ2) is 11.9. The predicted molar refractivity (Wildman–Crippen MR) is 134 cm³/mol. The molecule has 160 valence electrons. The van der Waals surface area contributed by atoms with Crippen LogP contribution in [0.5, 0.6) is 0 Å². The minimum atomic E-state index is 0. The Morgan fingerprint density at radius 3 is 2.55 bits per heavy atom. The Morgan fingerprint density at radius 1 is 1.17 bits per heavy atom. The molecule has 1 aliphatic heterocycles. The van der Waals surface area contributed by atoms with Crippen LogP contribution < -0.4 is 10.6 Å². The molecule has 1 aromatic carbocycles. The average Bonchev–Trinajstić information content (AvgIpc) is 3.02. The number of aromatic nitrogens is 1. The van der Waals surface area contributed by atoms with Crippen LogP contribution in [-0.4, -0.2) is 35.5 Å². The molecule has 1 aliphatic rings. The fourth-order valence-corrected chi connectivity index (χ4v) is 4.67. The Balaban J connectivity index is 0.00000300. The summed E-state index contributed by atoms with van der Waals surface area (Å²) in [4.78, 5) is 12.8. The van der Waals surface area contributed by atoms with E-state index in [-0.39, 0.29) is 24.0 Å². The van der Waals surface area contributed by atoms with Crippen molar-refractivity contribution in [2.75, 3.05) is 13.6 Å². The molecule has 2 aromatic rings. The minimum absolute atomic E-state index is 0. The Hall–Kier alpha value is -1.19. The number of hydrogen-bond donors (Lipinski definition) is 2. The van der Waals surface area contributed by atoms with Crippen LogP contribution in [0.15, 0.2) is 29.3 Å². The molecule has 0 amide bonds. The second-order valence-electron chi connectivity index (χ2n) is 7.60. The average molecular weight is 528 g/mol. The summed E-state index contributed by atoms with van der Waals surface area (Å²) in [5.74, 6) is 0.826. The van der Waals surface area contributed by atoms with E-state index in [9.17, 15) is 0 Å².